The maximum absolute atomic E-state index is 10.7. The molecule has 4 nitrogen and oxygen atoms in total. The molecule has 0 aromatic heterocycles. The van der Waals surface area contributed by atoms with Crippen molar-refractivity contribution in [1.82, 2.24) is 5.32 Å². The van der Waals surface area contributed by atoms with E-state index >= 15 is 0 Å². The second-order valence-corrected chi connectivity index (χ2v) is 2.65. The highest BCUT2D eigenvalue weighted by molar-refractivity contribution is 5.70. The van der Waals surface area contributed by atoms with Gasteiger partial charge in [0.1, 0.15) is 6.10 Å². The summed E-state index contributed by atoms with van der Waals surface area (Å²) in [6.45, 7) is 4.10. The minimum Gasteiger partial charge on any atom is -0.441 e. The number of alkyl carbamates (subject to hydrolysis) is 1. The molecule has 0 aromatic rings. The van der Waals surface area contributed by atoms with Gasteiger partial charge in [-0.15, -0.1) is 6.58 Å². The van der Waals surface area contributed by atoms with Gasteiger partial charge in [-0.25, -0.2) is 4.79 Å². The molecule has 2 fully saturated rings. The highest BCUT2D eigenvalue weighted by Gasteiger charge is 2.44. The quantitative estimate of drug-likeness (QED) is 0.544. The number of carbonyl (C=O) groups is 1. The Bertz CT molecular complexity index is 204. The van der Waals surface area contributed by atoms with Gasteiger partial charge in [0, 0.05) is 0 Å². The smallest absolute Gasteiger partial charge is 0.408 e. The van der Waals surface area contributed by atoms with E-state index in [4.69, 9.17) is 9.47 Å². The molecular formula is C7H9NO3. The number of hydrogen-bond acceptors (Lipinski definition) is 3. The highest BCUT2D eigenvalue weighted by Crippen LogP contribution is 2.22. The molecule has 0 spiro atoms. The molecule has 1 N–H and O–H groups in total. The van der Waals surface area contributed by atoms with Crippen molar-refractivity contribution in [2.45, 2.75) is 18.2 Å². The number of nitrogens with one attached hydrogen (secondary N) is 1. The van der Waals surface area contributed by atoms with E-state index in [9.17, 15) is 4.79 Å². The lowest BCUT2D eigenvalue weighted by Crippen LogP contribution is -2.31. The van der Waals surface area contributed by atoms with Crippen LogP contribution in [0.25, 0.3) is 0 Å². The van der Waals surface area contributed by atoms with E-state index < -0.39 is 0 Å². The number of fused-ring (bicyclic) bond motifs is 1. The number of hydrogen-bond donors (Lipinski definition) is 1. The van der Waals surface area contributed by atoms with Crippen molar-refractivity contribution in [3.8, 4) is 0 Å². The van der Waals surface area contributed by atoms with Crippen molar-refractivity contribution < 1.29 is 14.3 Å². The molecule has 2 aliphatic heterocycles. The molecule has 0 radical (unpaired) electrons. The molecule has 3 atom stereocenters. The van der Waals surface area contributed by atoms with Crippen LogP contribution in [0.5, 0.6) is 0 Å². The molecule has 1 amide bonds. The third-order valence-corrected chi connectivity index (χ3v) is 1.97. The zero-order valence-corrected chi connectivity index (χ0v) is 5.95. The lowest BCUT2D eigenvalue weighted by molar-refractivity contribution is 0.0624. The van der Waals surface area contributed by atoms with Crippen LogP contribution in [0.1, 0.15) is 0 Å². The average Bonchev–Trinajstić information content (AvgIpc) is 2.45. The molecule has 2 heterocycles. The molecule has 0 saturated carbocycles. The lowest BCUT2D eigenvalue weighted by atomic mass is 10.1. The first-order valence-corrected chi connectivity index (χ1v) is 3.52. The molecule has 0 aromatic carbocycles. The third kappa shape index (κ3) is 0.903. The predicted octanol–water partition coefficient (Wildman–Crippen LogP) is 0.0482. The van der Waals surface area contributed by atoms with Gasteiger partial charge < -0.3 is 14.8 Å². The molecule has 4 heteroatoms. The van der Waals surface area contributed by atoms with Crippen LogP contribution in [0, 0.1) is 0 Å². The van der Waals surface area contributed by atoms with Crippen LogP contribution in [-0.4, -0.2) is 30.9 Å². The van der Waals surface area contributed by atoms with Gasteiger partial charge >= 0.3 is 6.09 Å². The maximum atomic E-state index is 10.7. The van der Waals surface area contributed by atoms with Gasteiger partial charge in [-0.05, 0) is 0 Å². The van der Waals surface area contributed by atoms with E-state index in [1.54, 1.807) is 6.08 Å². The minimum atomic E-state index is -0.352. The van der Waals surface area contributed by atoms with Gasteiger partial charge in [-0.1, -0.05) is 6.08 Å². The number of carbonyl (C=O) groups excluding carboxylic acids is 1. The zero-order chi connectivity index (χ0) is 7.84. The number of rotatable bonds is 1. The van der Waals surface area contributed by atoms with Crippen LogP contribution < -0.4 is 5.32 Å². The monoisotopic (exact) mass is 155 g/mol. The average molecular weight is 155 g/mol. The van der Waals surface area contributed by atoms with Crippen LogP contribution in [0.4, 0.5) is 4.79 Å². The molecule has 2 rings (SSSR count). The van der Waals surface area contributed by atoms with Gasteiger partial charge in [-0.3, -0.25) is 0 Å². The van der Waals surface area contributed by atoms with Crippen molar-refractivity contribution in [1.29, 1.82) is 0 Å². The fourth-order valence-corrected chi connectivity index (χ4v) is 1.42. The van der Waals surface area contributed by atoms with Crippen LogP contribution in [0.3, 0.4) is 0 Å². The van der Waals surface area contributed by atoms with Crippen molar-refractivity contribution in [3.05, 3.63) is 12.7 Å². The van der Waals surface area contributed by atoms with E-state index in [1.807, 2.05) is 0 Å². The zero-order valence-electron chi connectivity index (χ0n) is 5.95. The van der Waals surface area contributed by atoms with Crippen LogP contribution in [0.2, 0.25) is 0 Å². The van der Waals surface area contributed by atoms with E-state index in [-0.39, 0.29) is 24.3 Å². The summed E-state index contributed by atoms with van der Waals surface area (Å²) in [5, 5.41) is 2.65. The van der Waals surface area contributed by atoms with Crippen LogP contribution in [0.15, 0.2) is 12.7 Å². The van der Waals surface area contributed by atoms with Crippen LogP contribution in [-0.2, 0) is 9.47 Å². The summed E-state index contributed by atoms with van der Waals surface area (Å²) in [4.78, 5) is 10.7. The Kier molecular flexibility index (Phi) is 1.35. The van der Waals surface area contributed by atoms with Crippen molar-refractivity contribution in [2.75, 3.05) is 6.61 Å². The summed E-state index contributed by atoms with van der Waals surface area (Å²) in [5.74, 6) is 0. The summed E-state index contributed by atoms with van der Waals surface area (Å²) in [7, 11) is 0. The summed E-state index contributed by atoms with van der Waals surface area (Å²) < 4.78 is 10.2. The standard InChI is InChI=1S/C7H9NO3/c1-2-5-6-4(3-10-5)8-7(9)11-6/h2,4-6H,1,3H2,(H,8,9)/t4-,5-,6-/m1/s1. The van der Waals surface area contributed by atoms with Gasteiger partial charge in [0.2, 0.25) is 0 Å². The molecular weight excluding hydrogens is 146 g/mol. The summed E-state index contributed by atoms with van der Waals surface area (Å²) >= 11 is 0. The van der Waals surface area contributed by atoms with Gasteiger partial charge in [-0.2, -0.15) is 0 Å². The topological polar surface area (TPSA) is 47.6 Å². The molecule has 2 aliphatic rings. The van der Waals surface area contributed by atoms with Crippen molar-refractivity contribution in [3.63, 3.8) is 0 Å². The molecule has 2 saturated heterocycles. The second-order valence-electron chi connectivity index (χ2n) is 2.65. The molecule has 60 valence electrons. The first kappa shape index (κ1) is 6.67. The Morgan fingerprint density at radius 1 is 1.73 bits per heavy atom. The third-order valence-electron chi connectivity index (χ3n) is 1.97. The normalized spacial score (nSPS) is 41.1. The van der Waals surface area contributed by atoms with Gasteiger partial charge in [0.05, 0.1) is 12.6 Å². The Morgan fingerprint density at radius 2 is 2.55 bits per heavy atom. The van der Waals surface area contributed by atoms with E-state index in [0.717, 1.165) is 0 Å². The maximum Gasteiger partial charge on any atom is 0.408 e. The fraction of sp³-hybridized carbons (Fsp3) is 0.571. The Labute approximate surface area is 64.2 Å². The Hall–Kier alpha value is -1.03. The molecule has 0 aliphatic carbocycles. The predicted molar refractivity (Wildman–Crippen MR) is 37.1 cm³/mol. The van der Waals surface area contributed by atoms with Gasteiger partial charge in [0.25, 0.3) is 0 Å². The first-order valence-electron chi connectivity index (χ1n) is 3.52. The lowest BCUT2D eigenvalue weighted by Gasteiger charge is -2.09. The second kappa shape index (κ2) is 2.23. The minimum absolute atomic E-state index is 0.0190. The number of amides is 1. The van der Waals surface area contributed by atoms with E-state index in [1.165, 1.54) is 0 Å². The first-order chi connectivity index (χ1) is 5.31. The Morgan fingerprint density at radius 3 is 3.27 bits per heavy atom. The van der Waals surface area contributed by atoms with Crippen LogP contribution >= 0.6 is 0 Å². The molecule has 0 unspecified atom stereocenters. The number of ether oxygens (including phenoxy) is 2. The Balaban J connectivity index is 2.12. The highest BCUT2D eigenvalue weighted by atomic mass is 16.6. The molecule has 0 bridgehead atoms. The largest absolute Gasteiger partial charge is 0.441 e. The summed E-state index contributed by atoms with van der Waals surface area (Å²) in [6.07, 6.45) is 0.999. The van der Waals surface area contributed by atoms with E-state index in [0.29, 0.717) is 6.61 Å². The van der Waals surface area contributed by atoms with Gasteiger partial charge in [0.15, 0.2) is 6.10 Å². The SMILES string of the molecule is C=C[C@H]1OC[C@H]2NC(=O)O[C@H]21. The van der Waals surface area contributed by atoms with E-state index in [2.05, 4.69) is 11.9 Å². The molecule has 11 heavy (non-hydrogen) atoms. The summed E-state index contributed by atoms with van der Waals surface area (Å²) in [6, 6.07) is 0.0190. The summed E-state index contributed by atoms with van der Waals surface area (Å²) in [5.41, 5.74) is 0. The van der Waals surface area contributed by atoms with Crippen molar-refractivity contribution >= 4 is 6.09 Å². The fourth-order valence-electron chi connectivity index (χ4n) is 1.42. The van der Waals surface area contributed by atoms with Crippen molar-refractivity contribution in [2.24, 2.45) is 0 Å².